The van der Waals surface area contributed by atoms with Crippen LogP contribution in [0.4, 0.5) is 4.79 Å². The fraction of sp³-hybridized carbons (Fsp3) is 0.857. The number of aliphatic carboxylic acids is 1. The van der Waals surface area contributed by atoms with E-state index in [0.717, 1.165) is 6.42 Å². The first-order chi connectivity index (χ1) is 9.08. The number of carboxylic acids is 1. The third-order valence-corrected chi connectivity index (χ3v) is 4.38. The minimum absolute atomic E-state index is 0.137. The van der Waals surface area contributed by atoms with Gasteiger partial charge in [0.15, 0.2) is 0 Å². The molecule has 1 atom stereocenters. The number of likely N-dealkylation sites (tertiary alicyclic amines) is 1. The number of hydrogen-bond donors (Lipinski definition) is 2. The van der Waals surface area contributed by atoms with Gasteiger partial charge < -0.3 is 20.2 Å². The van der Waals surface area contributed by atoms with Gasteiger partial charge in [0.25, 0.3) is 0 Å². The van der Waals surface area contributed by atoms with Crippen LogP contribution in [0.1, 0.15) is 33.6 Å². The van der Waals surface area contributed by atoms with E-state index in [4.69, 9.17) is 0 Å². The molecule has 0 bridgehead atoms. The van der Waals surface area contributed by atoms with Crippen molar-refractivity contribution >= 4 is 12.0 Å². The molecule has 1 aliphatic rings. The number of carboxylic acid groups (broad SMARTS) is 1. The van der Waals surface area contributed by atoms with Crippen molar-refractivity contribution in [1.82, 2.24) is 15.1 Å². The maximum atomic E-state index is 12.2. The number of likely N-dealkylation sites (N-methyl/N-ethyl adjacent to an activating group) is 1. The number of urea groups is 1. The van der Waals surface area contributed by atoms with Crippen LogP contribution in [0, 0.1) is 5.41 Å². The van der Waals surface area contributed by atoms with E-state index in [1.165, 1.54) is 0 Å². The Morgan fingerprint density at radius 3 is 2.50 bits per heavy atom. The Morgan fingerprint density at radius 2 is 2.00 bits per heavy atom. The predicted octanol–water partition coefficient (Wildman–Crippen LogP) is 1.22. The van der Waals surface area contributed by atoms with E-state index in [1.54, 1.807) is 11.8 Å². The van der Waals surface area contributed by atoms with Crippen LogP contribution >= 0.6 is 0 Å². The molecule has 0 saturated carbocycles. The molecule has 1 fully saturated rings. The van der Waals surface area contributed by atoms with Crippen molar-refractivity contribution in [2.45, 2.75) is 39.2 Å². The van der Waals surface area contributed by atoms with Gasteiger partial charge in [-0.15, -0.1) is 0 Å². The average molecular weight is 285 g/mol. The molecule has 6 nitrogen and oxygen atoms in total. The summed E-state index contributed by atoms with van der Waals surface area (Å²) in [5.41, 5.74) is -0.964. The van der Waals surface area contributed by atoms with Crippen molar-refractivity contribution in [3.63, 3.8) is 0 Å². The highest BCUT2D eigenvalue weighted by molar-refractivity contribution is 5.78. The van der Waals surface area contributed by atoms with Gasteiger partial charge in [-0.25, -0.2) is 4.79 Å². The van der Waals surface area contributed by atoms with Crippen molar-refractivity contribution in [3.05, 3.63) is 0 Å². The quantitative estimate of drug-likeness (QED) is 0.814. The lowest BCUT2D eigenvalue weighted by molar-refractivity contribution is -0.150. The summed E-state index contributed by atoms with van der Waals surface area (Å²) in [7, 11) is 3.93. The number of rotatable bonds is 4. The van der Waals surface area contributed by atoms with Gasteiger partial charge in [0.2, 0.25) is 0 Å². The monoisotopic (exact) mass is 285 g/mol. The minimum Gasteiger partial charge on any atom is -0.481 e. The van der Waals surface area contributed by atoms with E-state index in [9.17, 15) is 14.7 Å². The van der Waals surface area contributed by atoms with E-state index >= 15 is 0 Å². The molecule has 0 radical (unpaired) electrons. The second-order valence-electron chi connectivity index (χ2n) is 6.76. The van der Waals surface area contributed by atoms with Crippen molar-refractivity contribution in [2.24, 2.45) is 5.41 Å². The highest BCUT2D eigenvalue weighted by atomic mass is 16.4. The van der Waals surface area contributed by atoms with Crippen LogP contribution < -0.4 is 5.32 Å². The molecule has 1 heterocycles. The molecular weight excluding hydrogens is 258 g/mol. The van der Waals surface area contributed by atoms with E-state index in [2.05, 4.69) is 5.32 Å². The van der Waals surface area contributed by atoms with Crippen molar-refractivity contribution in [2.75, 3.05) is 33.7 Å². The summed E-state index contributed by atoms with van der Waals surface area (Å²) in [6, 6.07) is -0.174. The summed E-state index contributed by atoms with van der Waals surface area (Å²) < 4.78 is 0. The summed E-state index contributed by atoms with van der Waals surface area (Å²) in [5, 5.41) is 12.2. The smallest absolute Gasteiger partial charge is 0.317 e. The molecule has 6 heteroatoms. The van der Waals surface area contributed by atoms with Crippen LogP contribution in [0.15, 0.2) is 0 Å². The third-order valence-electron chi connectivity index (χ3n) is 4.38. The van der Waals surface area contributed by atoms with Gasteiger partial charge in [-0.05, 0) is 47.7 Å². The van der Waals surface area contributed by atoms with Gasteiger partial charge in [-0.3, -0.25) is 4.79 Å². The molecule has 0 aromatic carbocycles. The molecule has 0 aromatic heterocycles. The van der Waals surface area contributed by atoms with Crippen LogP contribution in [0.5, 0.6) is 0 Å². The Bertz CT molecular complexity index is 382. The second-order valence-corrected chi connectivity index (χ2v) is 6.76. The molecule has 1 unspecified atom stereocenters. The third kappa shape index (κ3) is 3.85. The first kappa shape index (κ1) is 16.8. The van der Waals surface area contributed by atoms with Crippen LogP contribution in [0.3, 0.4) is 0 Å². The lowest BCUT2D eigenvalue weighted by Crippen LogP contribution is -2.55. The van der Waals surface area contributed by atoms with Gasteiger partial charge in [0.05, 0.1) is 5.41 Å². The van der Waals surface area contributed by atoms with Crippen molar-refractivity contribution in [3.8, 4) is 0 Å². The topological polar surface area (TPSA) is 72.9 Å². The Hall–Kier alpha value is -1.30. The summed E-state index contributed by atoms with van der Waals surface area (Å²) in [6.07, 6.45) is 1.35. The number of piperidine rings is 1. The molecule has 0 spiro atoms. The maximum Gasteiger partial charge on any atom is 0.317 e. The summed E-state index contributed by atoms with van der Waals surface area (Å²) in [4.78, 5) is 27.1. The molecule has 0 aromatic rings. The second kappa shape index (κ2) is 5.99. The molecule has 20 heavy (non-hydrogen) atoms. The van der Waals surface area contributed by atoms with Gasteiger partial charge in [-0.1, -0.05) is 0 Å². The highest BCUT2D eigenvalue weighted by Crippen LogP contribution is 2.29. The Labute approximate surface area is 121 Å². The summed E-state index contributed by atoms with van der Waals surface area (Å²) >= 11 is 0. The summed E-state index contributed by atoms with van der Waals surface area (Å²) in [5.74, 6) is -0.830. The summed E-state index contributed by atoms with van der Waals surface area (Å²) in [6.45, 7) is 7.22. The Kier molecular flexibility index (Phi) is 5.02. The largest absolute Gasteiger partial charge is 0.481 e. The number of carbonyl (C=O) groups is 2. The Morgan fingerprint density at radius 1 is 1.40 bits per heavy atom. The highest BCUT2D eigenvalue weighted by Gasteiger charge is 2.39. The molecule has 1 rings (SSSR count). The first-order valence-electron chi connectivity index (χ1n) is 7.02. The van der Waals surface area contributed by atoms with Gasteiger partial charge in [0, 0.05) is 25.2 Å². The zero-order valence-electron chi connectivity index (χ0n) is 13.2. The molecule has 1 aliphatic heterocycles. The van der Waals surface area contributed by atoms with Gasteiger partial charge >= 0.3 is 12.0 Å². The molecule has 2 amide bonds. The van der Waals surface area contributed by atoms with Crippen LogP contribution in [-0.2, 0) is 4.79 Å². The number of hydrogen-bond acceptors (Lipinski definition) is 3. The van der Waals surface area contributed by atoms with E-state index in [-0.39, 0.29) is 18.1 Å². The first-order valence-corrected chi connectivity index (χ1v) is 7.02. The zero-order chi connectivity index (χ0) is 15.6. The normalized spacial score (nSPS) is 23.8. The van der Waals surface area contributed by atoms with Gasteiger partial charge in [-0.2, -0.15) is 0 Å². The molecule has 2 N–H and O–H groups in total. The maximum absolute atomic E-state index is 12.2. The van der Waals surface area contributed by atoms with E-state index in [1.807, 2.05) is 32.8 Å². The average Bonchev–Trinajstić information content (AvgIpc) is 2.35. The van der Waals surface area contributed by atoms with Crippen LogP contribution in [0.2, 0.25) is 0 Å². The lowest BCUT2D eigenvalue weighted by atomic mass is 9.82. The lowest BCUT2D eigenvalue weighted by Gasteiger charge is -2.38. The fourth-order valence-electron chi connectivity index (χ4n) is 2.15. The van der Waals surface area contributed by atoms with Crippen molar-refractivity contribution in [1.29, 1.82) is 0 Å². The van der Waals surface area contributed by atoms with Gasteiger partial charge in [0.1, 0.15) is 0 Å². The fourth-order valence-corrected chi connectivity index (χ4v) is 2.15. The minimum atomic E-state index is -0.830. The number of nitrogens with zero attached hydrogens (tertiary/aromatic N) is 2. The molecule has 1 saturated heterocycles. The van der Waals surface area contributed by atoms with E-state index in [0.29, 0.717) is 19.5 Å². The number of carbonyl (C=O) groups excluding carboxylic acids is 1. The molecule has 0 aliphatic carbocycles. The number of amides is 2. The standard InChI is InChI=1S/C14H27N3O3/c1-13(2,16(4)5)9-15-12(20)17-8-6-7-14(3,10-17)11(18)19/h6-10H2,1-5H3,(H,15,20)(H,18,19). The van der Waals surface area contributed by atoms with Crippen molar-refractivity contribution < 1.29 is 14.7 Å². The molecular formula is C14H27N3O3. The zero-order valence-corrected chi connectivity index (χ0v) is 13.2. The van der Waals surface area contributed by atoms with E-state index < -0.39 is 11.4 Å². The number of nitrogens with one attached hydrogen (secondary N) is 1. The van der Waals surface area contributed by atoms with Crippen LogP contribution in [0.25, 0.3) is 0 Å². The SMILES string of the molecule is CN(C)C(C)(C)CNC(=O)N1CCCC(C)(C(=O)O)C1. The molecule has 116 valence electrons. The van der Waals surface area contributed by atoms with Crippen LogP contribution in [-0.4, -0.2) is 66.2 Å². The Balaban J connectivity index is 2.58. The predicted molar refractivity (Wildman–Crippen MR) is 77.7 cm³/mol.